The summed E-state index contributed by atoms with van der Waals surface area (Å²) in [6.45, 7) is 4.12. The normalized spacial score (nSPS) is 25.5. The molecular weight excluding hydrogens is 182 g/mol. The van der Waals surface area contributed by atoms with Gasteiger partial charge in [-0.05, 0) is 25.5 Å². The molecule has 3 nitrogen and oxygen atoms in total. The molecule has 1 aromatic rings. The van der Waals surface area contributed by atoms with Crippen LogP contribution < -0.4 is 16.6 Å². The minimum Gasteiger partial charge on any atom is -0.357 e. The van der Waals surface area contributed by atoms with Crippen molar-refractivity contribution in [1.29, 1.82) is 0 Å². The molecule has 1 aromatic carbocycles. The quantitative estimate of drug-likeness (QED) is 0.471. The van der Waals surface area contributed by atoms with Crippen molar-refractivity contribution in [2.45, 2.75) is 23.7 Å². The predicted molar refractivity (Wildman–Crippen MR) is 56.4 cm³/mol. The van der Waals surface area contributed by atoms with Gasteiger partial charge in [-0.2, -0.15) is 0 Å². The Labute approximate surface area is 82.1 Å². The molecule has 1 atom stereocenters. The Kier molecular flexibility index (Phi) is 1.98. The largest absolute Gasteiger partial charge is 0.357 e. The van der Waals surface area contributed by atoms with Crippen LogP contribution in [0.5, 0.6) is 0 Å². The van der Waals surface area contributed by atoms with E-state index in [1.807, 2.05) is 6.92 Å². The summed E-state index contributed by atoms with van der Waals surface area (Å²) in [5, 5.41) is 3.36. The fourth-order valence-corrected chi connectivity index (χ4v) is 2.55. The van der Waals surface area contributed by atoms with E-state index in [9.17, 15) is 0 Å². The highest BCUT2D eigenvalue weighted by atomic mass is 32.2. The van der Waals surface area contributed by atoms with Gasteiger partial charge in [0.1, 0.15) is 0 Å². The summed E-state index contributed by atoms with van der Waals surface area (Å²) in [6, 6.07) is 6.25. The Balaban J connectivity index is 2.40. The number of aryl methyl sites for hydroxylation is 1. The van der Waals surface area contributed by atoms with Gasteiger partial charge in [-0.3, -0.25) is 5.84 Å². The summed E-state index contributed by atoms with van der Waals surface area (Å²) in [4.78, 5) is 0.981. The second-order valence-electron chi connectivity index (χ2n) is 3.35. The number of hydrogen-bond donors (Lipinski definition) is 3. The van der Waals surface area contributed by atoms with Gasteiger partial charge in [-0.25, -0.2) is 5.43 Å². The van der Waals surface area contributed by atoms with Gasteiger partial charge in [0.15, 0.2) is 4.99 Å². The zero-order chi connectivity index (χ0) is 9.47. The highest BCUT2D eigenvalue weighted by Crippen LogP contribution is 2.44. The van der Waals surface area contributed by atoms with Crippen molar-refractivity contribution in [3.05, 3.63) is 23.8 Å². The molecule has 0 aromatic heterocycles. The van der Waals surface area contributed by atoms with Gasteiger partial charge < -0.3 is 5.32 Å². The van der Waals surface area contributed by atoms with Gasteiger partial charge in [0, 0.05) is 4.90 Å². The highest BCUT2D eigenvalue weighted by Gasteiger charge is 2.32. The first kappa shape index (κ1) is 8.87. The average molecular weight is 195 g/mol. The standard InChI is InChI=1S/C9H13N3S/c1-6-4-3-5-7-8(6)11-9(2,12-10)13-7/h3-5,11-12H,10H2,1-2H3. The van der Waals surface area contributed by atoms with Gasteiger partial charge in [0.2, 0.25) is 0 Å². The number of thioether (sulfide) groups is 1. The minimum atomic E-state index is -0.269. The van der Waals surface area contributed by atoms with E-state index < -0.39 is 0 Å². The SMILES string of the molecule is Cc1cccc2c1NC(C)(NN)S2. The number of benzene rings is 1. The molecule has 2 rings (SSSR count). The van der Waals surface area contributed by atoms with Crippen LogP contribution in [0.1, 0.15) is 12.5 Å². The maximum absolute atomic E-state index is 5.46. The molecule has 0 amide bonds. The molecular formula is C9H13N3S. The van der Waals surface area contributed by atoms with Crippen LogP contribution in [0.3, 0.4) is 0 Å². The number of para-hydroxylation sites is 1. The van der Waals surface area contributed by atoms with Gasteiger partial charge in [-0.15, -0.1) is 0 Å². The van der Waals surface area contributed by atoms with Gasteiger partial charge in [0.25, 0.3) is 0 Å². The van der Waals surface area contributed by atoms with Crippen molar-refractivity contribution in [3.63, 3.8) is 0 Å². The van der Waals surface area contributed by atoms with Crippen molar-refractivity contribution in [1.82, 2.24) is 5.43 Å². The highest BCUT2D eigenvalue weighted by molar-refractivity contribution is 8.01. The molecule has 1 unspecified atom stereocenters. The lowest BCUT2D eigenvalue weighted by molar-refractivity contribution is 0.585. The maximum atomic E-state index is 5.46. The molecule has 13 heavy (non-hydrogen) atoms. The summed E-state index contributed by atoms with van der Waals surface area (Å²) in [5.74, 6) is 5.46. The Bertz CT molecular complexity index is 340. The van der Waals surface area contributed by atoms with Gasteiger partial charge in [-0.1, -0.05) is 23.9 Å². The Morgan fingerprint density at radius 1 is 1.54 bits per heavy atom. The topological polar surface area (TPSA) is 50.1 Å². The lowest BCUT2D eigenvalue weighted by Crippen LogP contribution is -2.48. The predicted octanol–water partition coefficient (Wildman–Crippen LogP) is 1.65. The van der Waals surface area contributed by atoms with E-state index in [1.54, 1.807) is 11.8 Å². The second kappa shape index (κ2) is 2.90. The van der Waals surface area contributed by atoms with E-state index in [0.29, 0.717) is 0 Å². The molecule has 0 saturated carbocycles. The molecule has 70 valence electrons. The summed E-state index contributed by atoms with van der Waals surface area (Å²) >= 11 is 1.71. The third-order valence-electron chi connectivity index (χ3n) is 2.19. The van der Waals surface area contributed by atoms with E-state index in [1.165, 1.54) is 16.1 Å². The number of nitrogens with one attached hydrogen (secondary N) is 2. The molecule has 4 heteroatoms. The maximum Gasteiger partial charge on any atom is 0.151 e. The van der Waals surface area contributed by atoms with Crippen LogP contribution in [-0.2, 0) is 0 Å². The minimum absolute atomic E-state index is 0.269. The molecule has 0 aliphatic carbocycles. The summed E-state index contributed by atoms with van der Waals surface area (Å²) in [5.41, 5.74) is 5.21. The third-order valence-corrected chi connectivity index (χ3v) is 3.38. The van der Waals surface area contributed by atoms with Crippen molar-refractivity contribution < 1.29 is 0 Å². The van der Waals surface area contributed by atoms with E-state index >= 15 is 0 Å². The van der Waals surface area contributed by atoms with Crippen molar-refractivity contribution in [2.24, 2.45) is 5.84 Å². The summed E-state index contributed by atoms with van der Waals surface area (Å²) in [7, 11) is 0. The van der Waals surface area contributed by atoms with E-state index in [4.69, 9.17) is 5.84 Å². The summed E-state index contributed by atoms with van der Waals surface area (Å²) < 4.78 is 0. The molecule has 4 N–H and O–H groups in total. The number of rotatable bonds is 1. The van der Waals surface area contributed by atoms with Crippen LogP contribution in [-0.4, -0.2) is 4.99 Å². The first-order valence-corrected chi connectivity index (χ1v) is 5.01. The molecule has 0 fully saturated rings. The smallest absolute Gasteiger partial charge is 0.151 e. The molecule has 1 aliphatic rings. The van der Waals surface area contributed by atoms with Crippen LogP contribution >= 0.6 is 11.8 Å². The van der Waals surface area contributed by atoms with E-state index in [-0.39, 0.29) is 4.99 Å². The van der Waals surface area contributed by atoms with Crippen molar-refractivity contribution >= 4 is 17.4 Å². The second-order valence-corrected chi connectivity index (χ2v) is 4.81. The van der Waals surface area contributed by atoms with Crippen LogP contribution in [0.2, 0.25) is 0 Å². The molecule has 0 spiro atoms. The third kappa shape index (κ3) is 1.41. The number of hydrazine groups is 1. The van der Waals surface area contributed by atoms with Crippen LogP contribution in [0, 0.1) is 6.92 Å². The van der Waals surface area contributed by atoms with Gasteiger partial charge >= 0.3 is 0 Å². The van der Waals surface area contributed by atoms with Gasteiger partial charge in [0.05, 0.1) is 5.69 Å². The van der Waals surface area contributed by atoms with Crippen molar-refractivity contribution in [2.75, 3.05) is 5.32 Å². The number of nitrogens with two attached hydrogens (primary N) is 1. The molecule has 1 heterocycles. The lowest BCUT2D eigenvalue weighted by Gasteiger charge is -2.22. The Morgan fingerprint density at radius 2 is 2.31 bits per heavy atom. The number of fused-ring (bicyclic) bond motifs is 1. The number of hydrogen-bond acceptors (Lipinski definition) is 4. The first-order valence-electron chi connectivity index (χ1n) is 4.19. The van der Waals surface area contributed by atoms with E-state index in [0.717, 1.165) is 0 Å². The lowest BCUT2D eigenvalue weighted by atomic mass is 10.2. The monoisotopic (exact) mass is 195 g/mol. The zero-order valence-corrected chi connectivity index (χ0v) is 8.53. The molecule has 1 aliphatic heterocycles. The molecule has 0 bridgehead atoms. The first-order chi connectivity index (χ1) is 6.14. The Hall–Kier alpha value is -0.710. The van der Waals surface area contributed by atoms with E-state index in [2.05, 4.69) is 35.9 Å². The summed E-state index contributed by atoms with van der Waals surface area (Å²) in [6.07, 6.45) is 0. The average Bonchev–Trinajstić information content (AvgIpc) is 2.45. The zero-order valence-electron chi connectivity index (χ0n) is 7.72. The fraction of sp³-hybridized carbons (Fsp3) is 0.333. The van der Waals surface area contributed by atoms with Crippen LogP contribution in [0.15, 0.2) is 23.1 Å². The van der Waals surface area contributed by atoms with Crippen LogP contribution in [0.25, 0.3) is 0 Å². The molecule has 0 radical (unpaired) electrons. The van der Waals surface area contributed by atoms with Crippen molar-refractivity contribution in [3.8, 4) is 0 Å². The Morgan fingerprint density at radius 3 is 2.92 bits per heavy atom. The number of anilines is 1. The molecule has 0 saturated heterocycles. The van der Waals surface area contributed by atoms with Crippen LogP contribution in [0.4, 0.5) is 5.69 Å². The fourth-order valence-electron chi connectivity index (χ4n) is 1.44.